The Kier molecular flexibility index (Phi) is 7.21. The summed E-state index contributed by atoms with van der Waals surface area (Å²) in [6.07, 6.45) is 1.15. The van der Waals surface area contributed by atoms with Gasteiger partial charge < -0.3 is 9.84 Å². The third-order valence-corrected chi connectivity index (χ3v) is 3.75. The first-order chi connectivity index (χ1) is 11.1. The van der Waals surface area contributed by atoms with Gasteiger partial charge in [0.1, 0.15) is 11.4 Å². The molecule has 0 saturated carbocycles. The van der Waals surface area contributed by atoms with Crippen molar-refractivity contribution in [2.24, 2.45) is 5.92 Å². The lowest BCUT2D eigenvalue weighted by molar-refractivity contribution is -0.140. The Morgan fingerprint density at radius 1 is 1.33 bits per heavy atom. The predicted octanol–water partition coefficient (Wildman–Crippen LogP) is 2.95. The summed E-state index contributed by atoms with van der Waals surface area (Å²) in [7, 11) is 0. The van der Waals surface area contributed by atoms with E-state index in [-0.39, 0.29) is 17.3 Å². The van der Waals surface area contributed by atoms with Gasteiger partial charge in [-0.15, -0.1) is 0 Å². The molecule has 7 nitrogen and oxygen atoms in total. The van der Waals surface area contributed by atoms with Crippen LogP contribution >= 0.6 is 11.8 Å². The van der Waals surface area contributed by atoms with Gasteiger partial charge in [0.15, 0.2) is 5.12 Å². The van der Waals surface area contributed by atoms with Crippen molar-refractivity contribution in [3.05, 3.63) is 23.9 Å². The number of hydrogen-bond acceptors (Lipinski definition) is 6. The molecule has 1 heterocycles. The third kappa shape index (κ3) is 7.96. The van der Waals surface area contributed by atoms with Crippen LogP contribution in [0.2, 0.25) is 0 Å². The van der Waals surface area contributed by atoms with Crippen LogP contribution in [0.1, 0.15) is 33.3 Å². The number of carbonyl (C=O) groups excluding carboxylic acids is 2. The van der Waals surface area contributed by atoms with Crippen LogP contribution in [0.5, 0.6) is 0 Å². The molecule has 1 atom stereocenters. The van der Waals surface area contributed by atoms with E-state index in [0.717, 1.165) is 11.8 Å². The minimum atomic E-state index is -0.959. The maximum atomic E-state index is 11.6. The van der Waals surface area contributed by atoms with E-state index in [4.69, 9.17) is 4.74 Å². The van der Waals surface area contributed by atoms with E-state index in [0.29, 0.717) is 11.4 Å². The van der Waals surface area contributed by atoms with Crippen molar-refractivity contribution in [3.8, 4) is 0 Å². The number of amides is 1. The highest BCUT2D eigenvalue weighted by atomic mass is 32.2. The Labute approximate surface area is 145 Å². The normalized spacial score (nSPS) is 12.3. The molecule has 1 rings (SSSR count). The van der Waals surface area contributed by atoms with Gasteiger partial charge in [0.25, 0.3) is 0 Å². The average Bonchev–Trinajstić information content (AvgIpc) is 2.42. The van der Waals surface area contributed by atoms with Crippen molar-refractivity contribution in [2.45, 2.75) is 39.7 Å². The molecule has 24 heavy (non-hydrogen) atoms. The topological polar surface area (TPSA) is 106 Å². The van der Waals surface area contributed by atoms with Gasteiger partial charge in [-0.3, -0.25) is 14.9 Å². The number of pyridine rings is 1. The summed E-state index contributed by atoms with van der Waals surface area (Å²) >= 11 is 0.990. The van der Waals surface area contributed by atoms with E-state index in [1.54, 1.807) is 32.9 Å². The Bertz CT molecular complexity index is 595. The van der Waals surface area contributed by atoms with Crippen LogP contribution in [0.3, 0.4) is 0 Å². The van der Waals surface area contributed by atoms with Crippen molar-refractivity contribution < 1.29 is 24.2 Å². The molecule has 0 aliphatic heterocycles. The van der Waals surface area contributed by atoms with E-state index in [2.05, 4.69) is 10.3 Å². The highest BCUT2D eigenvalue weighted by Crippen LogP contribution is 2.17. The number of nitrogens with zero attached hydrogens (tertiary/aromatic N) is 1. The van der Waals surface area contributed by atoms with Gasteiger partial charge >= 0.3 is 12.1 Å². The summed E-state index contributed by atoms with van der Waals surface area (Å²) in [6, 6.07) is 3.27. The minimum Gasteiger partial charge on any atom is -0.481 e. The van der Waals surface area contributed by atoms with Gasteiger partial charge in [0.05, 0.1) is 5.92 Å². The summed E-state index contributed by atoms with van der Waals surface area (Å²) < 4.78 is 5.12. The van der Waals surface area contributed by atoms with E-state index in [1.165, 1.54) is 13.1 Å². The fraction of sp³-hybridized carbons (Fsp3) is 0.500. The molecule has 0 bridgehead atoms. The molecule has 0 aromatic carbocycles. The number of ether oxygens (including phenoxy) is 1. The molecule has 0 saturated heterocycles. The van der Waals surface area contributed by atoms with Crippen molar-refractivity contribution in [1.29, 1.82) is 0 Å². The second-order valence-electron chi connectivity index (χ2n) is 6.22. The fourth-order valence-corrected chi connectivity index (χ4v) is 2.44. The average molecular weight is 354 g/mol. The second-order valence-corrected chi connectivity index (χ2v) is 7.42. The maximum absolute atomic E-state index is 11.6. The van der Waals surface area contributed by atoms with Crippen molar-refractivity contribution in [3.63, 3.8) is 0 Å². The number of hydrogen-bond donors (Lipinski definition) is 2. The number of aliphatic carboxylic acids is 1. The first-order valence-electron chi connectivity index (χ1n) is 7.38. The van der Waals surface area contributed by atoms with Gasteiger partial charge in [-0.2, -0.15) is 0 Å². The summed E-state index contributed by atoms with van der Waals surface area (Å²) in [4.78, 5) is 37.9. The van der Waals surface area contributed by atoms with E-state index in [9.17, 15) is 19.5 Å². The molecule has 0 aliphatic rings. The monoisotopic (exact) mass is 354 g/mol. The van der Waals surface area contributed by atoms with Crippen molar-refractivity contribution >= 4 is 34.8 Å². The molecule has 2 N–H and O–H groups in total. The van der Waals surface area contributed by atoms with Crippen molar-refractivity contribution in [1.82, 2.24) is 4.98 Å². The van der Waals surface area contributed by atoms with E-state index >= 15 is 0 Å². The van der Waals surface area contributed by atoms with Crippen LogP contribution < -0.4 is 5.32 Å². The van der Waals surface area contributed by atoms with Crippen molar-refractivity contribution in [2.75, 3.05) is 11.1 Å². The van der Waals surface area contributed by atoms with Gasteiger partial charge in [-0.25, -0.2) is 9.78 Å². The molecule has 0 fully saturated rings. The number of carboxylic acids is 1. The van der Waals surface area contributed by atoms with Crippen LogP contribution in [0.15, 0.2) is 18.3 Å². The minimum absolute atomic E-state index is 0.115. The van der Waals surface area contributed by atoms with Crippen LogP contribution in [0.4, 0.5) is 10.6 Å². The molecular formula is C16H22N2O5S. The van der Waals surface area contributed by atoms with E-state index in [1.807, 2.05) is 0 Å². The Morgan fingerprint density at radius 3 is 2.46 bits per heavy atom. The molecule has 0 radical (unpaired) electrons. The molecule has 1 unspecified atom stereocenters. The smallest absolute Gasteiger partial charge is 0.413 e. The summed E-state index contributed by atoms with van der Waals surface area (Å²) in [5.74, 6) is -1.11. The zero-order chi connectivity index (χ0) is 18.3. The SMILES string of the molecule is CC(=O)SCC(Cc1ccc(NC(=O)OC(C)(C)C)nc1)C(=O)O. The highest BCUT2D eigenvalue weighted by molar-refractivity contribution is 8.13. The lowest BCUT2D eigenvalue weighted by Crippen LogP contribution is -2.27. The Balaban J connectivity index is 2.64. The number of anilines is 1. The summed E-state index contributed by atoms with van der Waals surface area (Å²) in [6.45, 7) is 6.68. The van der Waals surface area contributed by atoms with Crippen LogP contribution in [0, 0.1) is 5.92 Å². The molecule has 0 spiro atoms. The second kappa shape index (κ2) is 8.68. The van der Waals surface area contributed by atoms with Crippen LogP contribution in [0.25, 0.3) is 0 Å². The molecule has 8 heteroatoms. The first kappa shape index (κ1) is 20.0. The number of carbonyl (C=O) groups is 3. The quantitative estimate of drug-likeness (QED) is 0.809. The predicted molar refractivity (Wildman–Crippen MR) is 92.1 cm³/mol. The largest absolute Gasteiger partial charge is 0.481 e. The zero-order valence-electron chi connectivity index (χ0n) is 14.2. The number of nitrogens with one attached hydrogen (secondary N) is 1. The van der Waals surface area contributed by atoms with Gasteiger partial charge in [0, 0.05) is 18.9 Å². The Hall–Kier alpha value is -2.09. The third-order valence-electron chi connectivity index (χ3n) is 2.77. The number of rotatable bonds is 6. The maximum Gasteiger partial charge on any atom is 0.413 e. The Morgan fingerprint density at radius 2 is 2.00 bits per heavy atom. The summed E-state index contributed by atoms with van der Waals surface area (Å²) in [5, 5.41) is 11.6. The number of carboxylic acid groups (broad SMARTS) is 1. The standard InChI is InChI=1S/C16H22N2O5S/c1-10(19)24-9-12(14(20)21)7-11-5-6-13(17-8-11)18-15(22)23-16(2,3)4/h5-6,8,12H,7,9H2,1-4H3,(H,20,21)(H,17,18,22). The van der Waals surface area contributed by atoms with E-state index < -0.39 is 23.6 Å². The first-order valence-corrected chi connectivity index (χ1v) is 8.36. The molecular weight excluding hydrogens is 332 g/mol. The molecule has 132 valence electrons. The highest BCUT2D eigenvalue weighted by Gasteiger charge is 2.20. The molecule has 1 aromatic heterocycles. The lowest BCUT2D eigenvalue weighted by Gasteiger charge is -2.19. The molecule has 0 aliphatic carbocycles. The van der Waals surface area contributed by atoms with Crippen LogP contribution in [-0.4, -0.2) is 38.6 Å². The van der Waals surface area contributed by atoms with Gasteiger partial charge in [0.2, 0.25) is 0 Å². The zero-order valence-corrected chi connectivity index (χ0v) is 15.0. The number of aromatic nitrogens is 1. The molecule has 1 amide bonds. The lowest BCUT2D eigenvalue weighted by atomic mass is 10.0. The summed E-state index contributed by atoms with van der Waals surface area (Å²) in [5.41, 5.74) is 0.105. The van der Waals surface area contributed by atoms with Crippen LogP contribution in [-0.2, 0) is 20.7 Å². The van der Waals surface area contributed by atoms with Gasteiger partial charge in [-0.1, -0.05) is 17.8 Å². The van der Waals surface area contributed by atoms with Gasteiger partial charge in [-0.05, 0) is 38.8 Å². The number of thioether (sulfide) groups is 1. The fourth-order valence-electron chi connectivity index (χ4n) is 1.75. The molecule has 1 aromatic rings.